The zero-order valence-corrected chi connectivity index (χ0v) is 16.3. The van der Waals surface area contributed by atoms with Gasteiger partial charge in [-0.3, -0.25) is 14.5 Å². The van der Waals surface area contributed by atoms with Crippen LogP contribution in [0, 0.1) is 5.82 Å². The molecular formula is C20H23FN4O4. The molecule has 1 aromatic carbocycles. The maximum Gasteiger partial charge on any atom is 0.274 e. The summed E-state index contributed by atoms with van der Waals surface area (Å²) in [6, 6.07) is 5.61. The summed E-state index contributed by atoms with van der Waals surface area (Å²) < 4.78 is 13.0. The molecule has 1 fully saturated rings. The van der Waals surface area contributed by atoms with Crippen molar-refractivity contribution in [3.8, 4) is 11.6 Å². The van der Waals surface area contributed by atoms with Gasteiger partial charge < -0.3 is 15.5 Å². The number of carbonyl (C=O) groups excluding carboxylic acids is 2. The Bertz CT molecular complexity index is 921. The molecule has 1 aliphatic rings. The molecule has 3 rings (SSSR count). The Morgan fingerprint density at radius 2 is 1.79 bits per heavy atom. The average Bonchev–Trinajstić information content (AvgIpc) is 2.69. The highest BCUT2D eigenvalue weighted by Crippen LogP contribution is 2.32. The van der Waals surface area contributed by atoms with Crippen molar-refractivity contribution < 1.29 is 24.2 Å². The summed E-state index contributed by atoms with van der Waals surface area (Å²) in [5.41, 5.74) is -0.454. The number of likely N-dealkylation sites (tertiary alicyclic amines) is 1. The van der Waals surface area contributed by atoms with Gasteiger partial charge in [0.25, 0.3) is 11.8 Å². The molecule has 0 unspecified atom stereocenters. The number of hydrogen-bond donors (Lipinski definition) is 3. The summed E-state index contributed by atoms with van der Waals surface area (Å²) in [7, 11) is 0. The lowest BCUT2D eigenvalue weighted by atomic mass is 9.97. The number of benzene rings is 1. The van der Waals surface area contributed by atoms with Crippen molar-refractivity contribution >= 4 is 11.7 Å². The minimum atomic E-state index is -0.766. The van der Waals surface area contributed by atoms with Crippen molar-refractivity contribution in [2.75, 3.05) is 13.1 Å². The van der Waals surface area contributed by atoms with Crippen LogP contribution in [0.5, 0.6) is 11.6 Å². The van der Waals surface area contributed by atoms with Gasteiger partial charge in [0.1, 0.15) is 11.6 Å². The third kappa shape index (κ3) is 4.51. The van der Waals surface area contributed by atoms with Crippen LogP contribution in [0.25, 0.3) is 0 Å². The van der Waals surface area contributed by atoms with Crippen molar-refractivity contribution in [1.82, 2.24) is 20.2 Å². The van der Waals surface area contributed by atoms with Gasteiger partial charge in [0.15, 0.2) is 11.5 Å². The number of carbonyl (C=O) groups is 2. The van der Waals surface area contributed by atoms with E-state index in [1.165, 1.54) is 24.3 Å². The van der Waals surface area contributed by atoms with E-state index in [1.807, 2.05) is 18.7 Å². The second-order valence-electron chi connectivity index (χ2n) is 7.46. The first-order valence-corrected chi connectivity index (χ1v) is 9.28. The van der Waals surface area contributed by atoms with Crippen LogP contribution in [0.15, 0.2) is 24.3 Å². The Morgan fingerprint density at radius 1 is 1.17 bits per heavy atom. The molecule has 29 heavy (non-hydrogen) atoms. The molecule has 0 spiro atoms. The average molecular weight is 402 g/mol. The SMILES string of the molecule is CC(C)(c1nc(O)c(O)c(C(=O)NCc2ccc(F)cc2)n1)N1CCC(=O)CC1. The van der Waals surface area contributed by atoms with E-state index in [2.05, 4.69) is 15.3 Å². The van der Waals surface area contributed by atoms with Gasteiger partial charge in [-0.25, -0.2) is 9.37 Å². The number of nitrogens with zero attached hydrogens (tertiary/aromatic N) is 3. The van der Waals surface area contributed by atoms with Crippen molar-refractivity contribution in [3.05, 3.63) is 47.2 Å². The molecule has 1 aliphatic heterocycles. The molecule has 0 atom stereocenters. The molecule has 8 nitrogen and oxygen atoms in total. The largest absolute Gasteiger partial charge is 0.501 e. The Morgan fingerprint density at radius 3 is 2.41 bits per heavy atom. The van der Waals surface area contributed by atoms with Crippen LogP contribution in [0.2, 0.25) is 0 Å². The maximum atomic E-state index is 13.0. The Hall–Kier alpha value is -3.07. The first kappa shape index (κ1) is 20.7. The number of aromatic nitrogens is 2. The lowest BCUT2D eigenvalue weighted by Gasteiger charge is -2.39. The fourth-order valence-corrected chi connectivity index (χ4v) is 3.20. The van der Waals surface area contributed by atoms with Crippen LogP contribution in [-0.4, -0.2) is 49.9 Å². The van der Waals surface area contributed by atoms with E-state index in [9.17, 15) is 24.2 Å². The van der Waals surface area contributed by atoms with Gasteiger partial charge >= 0.3 is 0 Å². The van der Waals surface area contributed by atoms with Crippen LogP contribution in [0.4, 0.5) is 4.39 Å². The van der Waals surface area contributed by atoms with Crippen LogP contribution >= 0.6 is 0 Å². The zero-order valence-electron chi connectivity index (χ0n) is 16.3. The van der Waals surface area contributed by atoms with Crippen molar-refractivity contribution in [3.63, 3.8) is 0 Å². The highest BCUT2D eigenvalue weighted by atomic mass is 19.1. The number of Topliss-reactive ketones (excluding diaryl/α,β-unsaturated/α-hetero) is 1. The molecule has 0 aliphatic carbocycles. The maximum absolute atomic E-state index is 13.0. The van der Waals surface area contributed by atoms with Crippen molar-refractivity contribution in [1.29, 1.82) is 0 Å². The second kappa shape index (κ2) is 8.12. The standard InChI is InChI=1S/C20H23FN4O4/c1-20(2,25-9-7-14(26)8-10-25)19-23-15(16(27)18(29)24-19)17(28)22-11-12-3-5-13(21)6-4-12/h3-6,27H,7-11H2,1-2H3,(H,22,28)(H,23,24,29). The molecule has 0 saturated carbocycles. The smallest absolute Gasteiger partial charge is 0.274 e. The summed E-state index contributed by atoms with van der Waals surface area (Å²) in [5, 5.41) is 22.7. The summed E-state index contributed by atoms with van der Waals surface area (Å²) in [5.74, 6) is -2.14. The number of aromatic hydroxyl groups is 2. The summed E-state index contributed by atoms with van der Waals surface area (Å²) in [6.07, 6.45) is 0.830. The summed E-state index contributed by atoms with van der Waals surface area (Å²) >= 11 is 0. The number of nitrogens with one attached hydrogen (secondary N) is 1. The van der Waals surface area contributed by atoms with Crippen molar-refractivity contribution in [2.24, 2.45) is 0 Å². The predicted octanol–water partition coefficient (Wildman–Crippen LogP) is 1.86. The minimum absolute atomic E-state index is 0.0935. The highest BCUT2D eigenvalue weighted by molar-refractivity contribution is 5.95. The molecular weight excluding hydrogens is 379 g/mol. The number of piperidine rings is 1. The first-order chi connectivity index (χ1) is 13.7. The zero-order chi connectivity index (χ0) is 21.2. The predicted molar refractivity (Wildman–Crippen MR) is 102 cm³/mol. The lowest BCUT2D eigenvalue weighted by Crippen LogP contribution is -2.47. The topological polar surface area (TPSA) is 116 Å². The van der Waals surface area contributed by atoms with Gasteiger partial charge in [-0.05, 0) is 31.5 Å². The molecule has 154 valence electrons. The van der Waals surface area contributed by atoms with E-state index in [0.29, 0.717) is 31.5 Å². The molecule has 3 N–H and O–H groups in total. The van der Waals surface area contributed by atoms with Gasteiger partial charge in [0.2, 0.25) is 5.75 Å². The third-order valence-corrected chi connectivity index (χ3v) is 5.11. The monoisotopic (exact) mass is 402 g/mol. The van der Waals surface area contributed by atoms with Gasteiger partial charge in [-0.1, -0.05) is 12.1 Å². The molecule has 1 aromatic heterocycles. The fraction of sp³-hybridized carbons (Fsp3) is 0.400. The van der Waals surface area contributed by atoms with E-state index in [0.717, 1.165) is 0 Å². The van der Waals surface area contributed by atoms with Crippen LogP contribution < -0.4 is 5.32 Å². The Kier molecular flexibility index (Phi) is 5.78. The fourth-order valence-electron chi connectivity index (χ4n) is 3.20. The van der Waals surface area contributed by atoms with Crippen LogP contribution in [0.3, 0.4) is 0 Å². The minimum Gasteiger partial charge on any atom is -0.501 e. The number of amides is 1. The van der Waals surface area contributed by atoms with Crippen LogP contribution in [-0.2, 0) is 16.9 Å². The molecule has 1 amide bonds. The Labute approximate surface area is 167 Å². The number of rotatable bonds is 5. The molecule has 1 saturated heterocycles. The molecule has 0 radical (unpaired) electrons. The molecule has 9 heteroatoms. The van der Waals surface area contributed by atoms with Gasteiger partial charge in [-0.15, -0.1) is 0 Å². The first-order valence-electron chi connectivity index (χ1n) is 9.28. The number of ketones is 1. The van der Waals surface area contributed by atoms with E-state index < -0.39 is 23.1 Å². The lowest BCUT2D eigenvalue weighted by molar-refractivity contribution is -0.122. The molecule has 2 aromatic rings. The number of halogens is 1. The second-order valence-corrected chi connectivity index (χ2v) is 7.46. The van der Waals surface area contributed by atoms with E-state index >= 15 is 0 Å². The van der Waals surface area contributed by atoms with Gasteiger partial charge in [-0.2, -0.15) is 4.98 Å². The molecule has 0 bridgehead atoms. The number of hydrogen-bond acceptors (Lipinski definition) is 7. The van der Waals surface area contributed by atoms with E-state index in [-0.39, 0.29) is 29.7 Å². The highest BCUT2D eigenvalue weighted by Gasteiger charge is 2.36. The van der Waals surface area contributed by atoms with Crippen LogP contribution in [0.1, 0.15) is 48.6 Å². The van der Waals surface area contributed by atoms with Crippen molar-refractivity contribution in [2.45, 2.75) is 38.8 Å². The quantitative estimate of drug-likeness (QED) is 0.699. The Balaban J connectivity index is 1.81. The molecule has 2 heterocycles. The summed E-state index contributed by atoms with van der Waals surface area (Å²) in [4.78, 5) is 34.2. The van der Waals surface area contributed by atoms with Gasteiger partial charge in [0, 0.05) is 32.5 Å². The summed E-state index contributed by atoms with van der Waals surface area (Å²) in [6.45, 7) is 4.78. The van der Waals surface area contributed by atoms with E-state index in [1.54, 1.807) is 0 Å². The van der Waals surface area contributed by atoms with E-state index in [4.69, 9.17) is 0 Å². The normalized spacial score (nSPS) is 15.3. The van der Waals surface area contributed by atoms with Gasteiger partial charge in [0.05, 0.1) is 5.54 Å². The third-order valence-electron chi connectivity index (χ3n) is 5.11.